The van der Waals surface area contributed by atoms with Crippen molar-refractivity contribution >= 4 is 5.97 Å². The van der Waals surface area contributed by atoms with Crippen LogP contribution in [0.1, 0.15) is 59.8 Å². The van der Waals surface area contributed by atoms with Crippen LogP contribution in [0.4, 0.5) is 0 Å². The number of carbonyl (C=O) groups excluding carboxylic acids is 1. The molecular weight excluding hydrogens is 404 g/mol. The Kier molecular flexibility index (Phi) is 10.9. The monoisotopic (exact) mass is 444 g/mol. The Hall–Kier alpha value is -1.03. The molecule has 1 N–H and O–H groups in total. The molecule has 0 aromatic rings. The molecule has 0 amide bonds. The summed E-state index contributed by atoms with van der Waals surface area (Å²) in [5, 5.41) is 9.56. The van der Waals surface area contributed by atoms with Gasteiger partial charge in [-0.05, 0) is 33.6 Å². The Labute approximate surface area is 186 Å². The molecule has 4 aliphatic rings. The van der Waals surface area contributed by atoms with Crippen LogP contribution in [0.15, 0.2) is 12.2 Å². The molecule has 0 spiro atoms. The van der Waals surface area contributed by atoms with E-state index in [4.69, 9.17) is 23.7 Å². The maximum absolute atomic E-state index is 10.2. The highest BCUT2D eigenvalue weighted by Gasteiger charge is 2.47. The van der Waals surface area contributed by atoms with Crippen LogP contribution in [0, 0.1) is 0 Å². The standard InChI is InChI=1S/C12H20O5.C6H10O.C5H10O2/c1-12(2)15-6-11-10(17-12)4-8-9(16-11)3-7(13)5-14-8;1-6-3-2-4-7-5-6;1-3-5(6)7-4-2/h7-11,13H,3-6H2,1-2H3;1-5H2;3-4H2,1-2H3/t7-,8+,9+,10-,11-;;/m1../s1. The number of rotatable bonds is 2. The van der Waals surface area contributed by atoms with Gasteiger partial charge in [0.25, 0.3) is 0 Å². The smallest absolute Gasteiger partial charge is 0.305 e. The molecule has 4 saturated heterocycles. The zero-order valence-electron chi connectivity index (χ0n) is 19.5. The maximum Gasteiger partial charge on any atom is 0.305 e. The van der Waals surface area contributed by atoms with E-state index in [0.717, 1.165) is 19.6 Å². The number of fused-ring (bicyclic) bond motifs is 2. The minimum Gasteiger partial charge on any atom is -0.466 e. The van der Waals surface area contributed by atoms with Gasteiger partial charge in [-0.15, -0.1) is 0 Å². The fraction of sp³-hybridized carbons (Fsp3) is 0.870. The molecule has 0 bridgehead atoms. The van der Waals surface area contributed by atoms with E-state index in [1.807, 2.05) is 13.8 Å². The van der Waals surface area contributed by atoms with Crippen molar-refractivity contribution in [3.63, 3.8) is 0 Å². The van der Waals surface area contributed by atoms with E-state index in [-0.39, 0.29) is 30.4 Å². The second kappa shape index (κ2) is 12.9. The minimum absolute atomic E-state index is 0.0200. The van der Waals surface area contributed by atoms with E-state index in [1.165, 1.54) is 18.4 Å². The van der Waals surface area contributed by atoms with E-state index < -0.39 is 11.9 Å². The summed E-state index contributed by atoms with van der Waals surface area (Å²) in [5.41, 5.74) is 1.24. The second-order valence-electron chi connectivity index (χ2n) is 8.64. The molecule has 0 aromatic heterocycles. The third kappa shape index (κ3) is 9.16. The van der Waals surface area contributed by atoms with Crippen molar-refractivity contribution in [3.8, 4) is 0 Å². The predicted octanol–water partition coefficient (Wildman–Crippen LogP) is 2.76. The molecule has 0 unspecified atom stereocenters. The summed E-state index contributed by atoms with van der Waals surface area (Å²) in [7, 11) is 0. The molecule has 0 saturated carbocycles. The lowest BCUT2D eigenvalue weighted by Crippen LogP contribution is -2.59. The van der Waals surface area contributed by atoms with Crippen molar-refractivity contribution in [3.05, 3.63) is 12.2 Å². The Morgan fingerprint density at radius 1 is 1.16 bits per heavy atom. The summed E-state index contributed by atoms with van der Waals surface area (Å²) in [6.45, 7) is 14.4. The van der Waals surface area contributed by atoms with Crippen molar-refractivity contribution in [2.24, 2.45) is 0 Å². The fourth-order valence-corrected chi connectivity index (χ4v) is 3.81. The lowest BCUT2D eigenvalue weighted by Gasteiger charge is -2.49. The van der Waals surface area contributed by atoms with Crippen LogP contribution in [0.5, 0.6) is 0 Å². The van der Waals surface area contributed by atoms with Crippen LogP contribution >= 0.6 is 0 Å². The van der Waals surface area contributed by atoms with Crippen molar-refractivity contribution < 1.29 is 38.3 Å². The van der Waals surface area contributed by atoms with Gasteiger partial charge in [0.1, 0.15) is 6.10 Å². The highest BCUT2D eigenvalue weighted by atomic mass is 16.7. The first-order valence-corrected chi connectivity index (χ1v) is 11.4. The third-order valence-electron chi connectivity index (χ3n) is 5.40. The van der Waals surface area contributed by atoms with Crippen LogP contribution in [-0.4, -0.2) is 80.4 Å². The number of esters is 1. The van der Waals surface area contributed by atoms with Crippen LogP contribution < -0.4 is 0 Å². The quantitative estimate of drug-likeness (QED) is 0.513. The summed E-state index contributed by atoms with van der Waals surface area (Å²) in [6, 6.07) is 0. The van der Waals surface area contributed by atoms with E-state index in [9.17, 15) is 9.90 Å². The van der Waals surface area contributed by atoms with Gasteiger partial charge in [0.15, 0.2) is 5.79 Å². The number of aliphatic hydroxyl groups is 1. The van der Waals surface area contributed by atoms with Crippen LogP contribution in [0.2, 0.25) is 0 Å². The zero-order chi connectivity index (χ0) is 22.9. The van der Waals surface area contributed by atoms with Gasteiger partial charge in [-0.1, -0.05) is 19.1 Å². The van der Waals surface area contributed by atoms with Crippen molar-refractivity contribution in [1.29, 1.82) is 0 Å². The zero-order valence-corrected chi connectivity index (χ0v) is 19.5. The molecule has 0 aromatic carbocycles. The molecule has 0 radical (unpaired) electrons. The molecule has 8 heteroatoms. The van der Waals surface area contributed by atoms with E-state index in [0.29, 0.717) is 32.7 Å². The molecule has 4 heterocycles. The third-order valence-corrected chi connectivity index (χ3v) is 5.40. The summed E-state index contributed by atoms with van der Waals surface area (Å²) < 4.78 is 32.6. The number of aliphatic hydroxyl groups excluding tert-OH is 1. The average molecular weight is 445 g/mol. The topological polar surface area (TPSA) is 92.7 Å². The Morgan fingerprint density at radius 3 is 2.48 bits per heavy atom. The van der Waals surface area contributed by atoms with Crippen LogP contribution in [0.3, 0.4) is 0 Å². The first kappa shape index (κ1) is 26.2. The summed E-state index contributed by atoms with van der Waals surface area (Å²) in [4.78, 5) is 10.2. The van der Waals surface area contributed by atoms with Gasteiger partial charge < -0.3 is 33.5 Å². The van der Waals surface area contributed by atoms with Gasteiger partial charge in [-0.3, -0.25) is 4.79 Å². The van der Waals surface area contributed by atoms with Crippen molar-refractivity contribution in [1.82, 2.24) is 0 Å². The van der Waals surface area contributed by atoms with Gasteiger partial charge in [0.2, 0.25) is 0 Å². The first-order valence-electron chi connectivity index (χ1n) is 11.4. The normalized spacial score (nSPS) is 34.0. The largest absolute Gasteiger partial charge is 0.466 e. The number of carbonyl (C=O) groups is 1. The van der Waals surface area contributed by atoms with Crippen LogP contribution in [0.25, 0.3) is 0 Å². The molecule has 4 rings (SSSR count). The van der Waals surface area contributed by atoms with Gasteiger partial charge in [0.05, 0.1) is 50.8 Å². The number of ether oxygens (including phenoxy) is 6. The Balaban J connectivity index is 0.000000203. The second-order valence-corrected chi connectivity index (χ2v) is 8.64. The summed E-state index contributed by atoms with van der Waals surface area (Å²) in [5.74, 6) is -0.659. The van der Waals surface area contributed by atoms with Gasteiger partial charge in [0, 0.05) is 25.9 Å². The van der Waals surface area contributed by atoms with Gasteiger partial charge >= 0.3 is 5.97 Å². The lowest BCUT2D eigenvalue weighted by atomic mass is 9.92. The highest BCUT2D eigenvalue weighted by molar-refractivity contribution is 5.68. The molecule has 4 fully saturated rings. The molecular formula is C23H40O8. The van der Waals surface area contributed by atoms with Gasteiger partial charge in [-0.25, -0.2) is 0 Å². The molecule has 180 valence electrons. The minimum atomic E-state index is -0.536. The van der Waals surface area contributed by atoms with E-state index >= 15 is 0 Å². The summed E-state index contributed by atoms with van der Waals surface area (Å²) >= 11 is 0. The van der Waals surface area contributed by atoms with E-state index in [2.05, 4.69) is 11.3 Å². The molecule has 4 aliphatic heterocycles. The SMILES string of the molecule is C=C1CCCOC1.CC1(C)OC[C@H]2O[C@H]3C[C@@H](O)CO[C@H]3C[C@H]2O1.CCOC(=O)CC. The lowest BCUT2D eigenvalue weighted by molar-refractivity contribution is -0.344. The first-order chi connectivity index (χ1) is 14.7. The molecule has 31 heavy (non-hydrogen) atoms. The van der Waals surface area contributed by atoms with Crippen molar-refractivity contribution in [2.45, 2.75) is 96.1 Å². The Morgan fingerprint density at radius 2 is 1.94 bits per heavy atom. The van der Waals surface area contributed by atoms with E-state index in [1.54, 1.807) is 13.8 Å². The number of hydrogen-bond donors (Lipinski definition) is 1. The molecule has 8 nitrogen and oxygen atoms in total. The van der Waals surface area contributed by atoms with Crippen LogP contribution in [-0.2, 0) is 33.2 Å². The summed E-state index contributed by atoms with van der Waals surface area (Å²) in [6.07, 6.45) is 3.92. The maximum atomic E-state index is 10.2. The fourth-order valence-electron chi connectivity index (χ4n) is 3.81. The number of hydrogen-bond acceptors (Lipinski definition) is 8. The predicted molar refractivity (Wildman–Crippen MR) is 115 cm³/mol. The van der Waals surface area contributed by atoms with Crippen molar-refractivity contribution in [2.75, 3.05) is 33.0 Å². The molecule has 5 atom stereocenters. The highest BCUT2D eigenvalue weighted by Crippen LogP contribution is 2.35. The molecule has 0 aliphatic carbocycles. The van der Waals surface area contributed by atoms with Gasteiger partial charge in [-0.2, -0.15) is 0 Å². The Bertz CT molecular complexity index is 548. The average Bonchev–Trinajstić information content (AvgIpc) is 2.73.